The summed E-state index contributed by atoms with van der Waals surface area (Å²) < 4.78 is 0. The summed E-state index contributed by atoms with van der Waals surface area (Å²) in [6.45, 7) is 4.35. The number of hydrogen-bond donors (Lipinski definition) is 2. The Morgan fingerprint density at radius 3 is 2.22 bits per heavy atom. The molecule has 0 aliphatic heterocycles. The standard InChI is InChI=1S/C21H18BNO4/c1-21(2)17-6-4-3-5-15(17)16-9-7-13(11-18(16)21)14-8-10-19(22(24)25)20(12-14)23(26)27/h3-12,24-25H,1-2H3. The Morgan fingerprint density at radius 1 is 0.889 bits per heavy atom. The number of nitrogens with zero attached hydrogens (tertiary/aromatic N) is 1. The molecule has 3 aromatic carbocycles. The Morgan fingerprint density at radius 2 is 1.52 bits per heavy atom. The van der Waals surface area contributed by atoms with E-state index in [-0.39, 0.29) is 16.6 Å². The summed E-state index contributed by atoms with van der Waals surface area (Å²) >= 11 is 0. The van der Waals surface area contributed by atoms with E-state index in [2.05, 4.69) is 38.1 Å². The van der Waals surface area contributed by atoms with Crippen molar-refractivity contribution in [3.63, 3.8) is 0 Å². The van der Waals surface area contributed by atoms with Gasteiger partial charge in [0, 0.05) is 11.5 Å². The number of benzene rings is 3. The van der Waals surface area contributed by atoms with E-state index in [0.717, 1.165) is 5.56 Å². The molecule has 27 heavy (non-hydrogen) atoms. The second-order valence-corrected chi connectivity index (χ2v) is 7.34. The van der Waals surface area contributed by atoms with Gasteiger partial charge in [0.05, 0.1) is 10.4 Å². The number of nitro benzene ring substituents is 1. The van der Waals surface area contributed by atoms with Crippen molar-refractivity contribution in [3.8, 4) is 22.3 Å². The highest BCUT2D eigenvalue weighted by molar-refractivity contribution is 6.60. The molecule has 4 rings (SSSR count). The fourth-order valence-corrected chi connectivity index (χ4v) is 3.98. The molecule has 2 N–H and O–H groups in total. The van der Waals surface area contributed by atoms with Gasteiger partial charge in [-0.15, -0.1) is 0 Å². The minimum Gasteiger partial charge on any atom is -0.423 e. The Labute approximate surface area is 157 Å². The normalized spacial score (nSPS) is 13.8. The summed E-state index contributed by atoms with van der Waals surface area (Å²) in [5.41, 5.74) is 5.79. The van der Waals surface area contributed by atoms with E-state index in [9.17, 15) is 20.2 Å². The maximum absolute atomic E-state index is 11.3. The van der Waals surface area contributed by atoms with Crippen molar-refractivity contribution in [1.29, 1.82) is 0 Å². The zero-order valence-electron chi connectivity index (χ0n) is 15.0. The van der Waals surface area contributed by atoms with Crippen LogP contribution in [-0.2, 0) is 5.41 Å². The summed E-state index contributed by atoms with van der Waals surface area (Å²) in [6.07, 6.45) is 0. The summed E-state index contributed by atoms with van der Waals surface area (Å²) in [7, 11) is -1.88. The van der Waals surface area contributed by atoms with Crippen LogP contribution in [0.15, 0.2) is 60.7 Å². The number of hydrogen-bond acceptors (Lipinski definition) is 4. The number of rotatable bonds is 3. The second-order valence-electron chi connectivity index (χ2n) is 7.34. The zero-order valence-corrected chi connectivity index (χ0v) is 15.0. The van der Waals surface area contributed by atoms with Crippen LogP contribution >= 0.6 is 0 Å². The SMILES string of the molecule is CC1(C)c2ccccc2-c2ccc(-c3ccc(B(O)O)c([N+](=O)[O-])c3)cc21. The van der Waals surface area contributed by atoms with Crippen molar-refractivity contribution in [2.45, 2.75) is 19.3 Å². The van der Waals surface area contributed by atoms with Crippen molar-refractivity contribution in [1.82, 2.24) is 0 Å². The molecule has 0 saturated heterocycles. The summed E-state index contributed by atoms with van der Waals surface area (Å²) in [5.74, 6) is 0. The lowest BCUT2D eigenvalue weighted by Gasteiger charge is -2.22. The monoisotopic (exact) mass is 359 g/mol. The van der Waals surface area contributed by atoms with E-state index in [0.29, 0.717) is 5.56 Å². The van der Waals surface area contributed by atoms with E-state index in [1.165, 1.54) is 34.4 Å². The van der Waals surface area contributed by atoms with Gasteiger partial charge >= 0.3 is 7.12 Å². The summed E-state index contributed by atoms with van der Waals surface area (Å²) in [5, 5.41) is 30.1. The zero-order chi connectivity index (χ0) is 19.3. The minimum absolute atomic E-state index is 0.113. The molecule has 3 aromatic rings. The molecule has 0 bridgehead atoms. The molecule has 1 aliphatic rings. The van der Waals surface area contributed by atoms with E-state index in [1.54, 1.807) is 6.07 Å². The Bertz CT molecular complexity index is 1080. The van der Waals surface area contributed by atoms with Crippen molar-refractivity contribution in [2.24, 2.45) is 0 Å². The van der Waals surface area contributed by atoms with Gasteiger partial charge in [0.15, 0.2) is 0 Å². The van der Waals surface area contributed by atoms with Gasteiger partial charge in [0.2, 0.25) is 0 Å². The van der Waals surface area contributed by atoms with Gasteiger partial charge < -0.3 is 10.0 Å². The predicted octanol–water partition coefficient (Wildman–Crippen LogP) is 3.25. The smallest absolute Gasteiger partial charge is 0.423 e. The average Bonchev–Trinajstić information content (AvgIpc) is 2.89. The molecule has 134 valence electrons. The van der Waals surface area contributed by atoms with Gasteiger partial charge in [-0.3, -0.25) is 10.1 Å². The van der Waals surface area contributed by atoms with Crippen LogP contribution in [-0.4, -0.2) is 22.1 Å². The van der Waals surface area contributed by atoms with E-state index >= 15 is 0 Å². The van der Waals surface area contributed by atoms with Crippen LogP contribution in [0.5, 0.6) is 0 Å². The molecule has 1 aliphatic carbocycles. The van der Waals surface area contributed by atoms with Crippen LogP contribution in [0.25, 0.3) is 22.3 Å². The van der Waals surface area contributed by atoms with Crippen LogP contribution in [0.2, 0.25) is 0 Å². The number of nitro groups is 1. The molecular formula is C21H18BNO4. The minimum atomic E-state index is -1.88. The summed E-state index contributed by atoms with van der Waals surface area (Å²) in [6, 6.07) is 18.9. The van der Waals surface area contributed by atoms with Crippen LogP contribution < -0.4 is 5.46 Å². The number of fused-ring (bicyclic) bond motifs is 3. The first-order valence-corrected chi connectivity index (χ1v) is 8.70. The molecule has 0 saturated carbocycles. The molecule has 0 amide bonds. The fraction of sp³-hybridized carbons (Fsp3) is 0.143. The highest BCUT2D eigenvalue weighted by Crippen LogP contribution is 2.49. The average molecular weight is 359 g/mol. The highest BCUT2D eigenvalue weighted by atomic mass is 16.6. The van der Waals surface area contributed by atoms with Gasteiger partial charge in [-0.05, 0) is 39.4 Å². The van der Waals surface area contributed by atoms with Crippen molar-refractivity contribution in [3.05, 3.63) is 81.9 Å². The molecule has 6 heteroatoms. The van der Waals surface area contributed by atoms with E-state index in [1.807, 2.05) is 18.2 Å². The van der Waals surface area contributed by atoms with Crippen LogP contribution in [0.3, 0.4) is 0 Å². The third-order valence-electron chi connectivity index (χ3n) is 5.42. The molecular weight excluding hydrogens is 341 g/mol. The van der Waals surface area contributed by atoms with Crippen LogP contribution in [0, 0.1) is 10.1 Å². The molecule has 5 nitrogen and oxygen atoms in total. The fourth-order valence-electron chi connectivity index (χ4n) is 3.98. The molecule has 0 spiro atoms. The van der Waals surface area contributed by atoms with E-state index < -0.39 is 12.0 Å². The van der Waals surface area contributed by atoms with Gasteiger partial charge in [0.25, 0.3) is 5.69 Å². The molecule has 0 heterocycles. The van der Waals surface area contributed by atoms with Crippen molar-refractivity contribution < 1.29 is 15.0 Å². The lowest BCUT2D eigenvalue weighted by Crippen LogP contribution is -2.31. The maximum atomic E-state index is 11.3. The van der Waals surface area contributed by atoms with Gasteiger partial charge in [-0.1, -0.05) is 62.4 Å². The Kier molecular flexibility index (Phi) is 3.91. The van der Waals surface area contributed by atoms with E-state index in [4.69, 9.17) is 0 Å². The first-order chi connectivity index (χ1) is 12.8. The Balaban J connectivity index is 1.86. The summed E-state index contributed by atoms with van der Waals surface area (Å²) in [4.78, 5) is 10.7. The molecule has 0 unspecified atom stereocenters. The van der Waals surface area contributed by atoms with Crippen LogP contribution in [0.4, 0.5) is 5.69 Å². The Hall–Kier alpha value is -2.96. The second kappa shape index (κ2) is 6.04. The third kappa shape index (κ3) is 2.65. The molecule has 0 radical (unpaired) electrons. The van der Waals surface area contributed by atoms with Gasteiger partial charge in [-0.2, -0.15) is 0 Å². The van der Waals surface area contributed by atoms with Gasteiger partial charge in [-0.25, -0.2) is 0 Å². The molecule has 0 aromatic heterocycles. The molecule has 0 fully saturated rings. The topological polar surface area (TPSA) is 83.6 Å². The highest BCUT2D eigenvalue weighted by Gasteiger charge is 2.35. The van der Waals surface area contributed by atoms with Crippen molar-refractivity contribution in [2.75, 3.05) is 0 Å². The third-order valence-corrected chi connectivity index (χ3v) is 5.42. The van der Waals surface area contributed by atoms with Gasteiger partial charge in [0.1, 0.15) is 0 Å². The lowest BCUT2D eigenvalue weighted by atomic mass is 9.78. The largest absolute Gasteiger partial charge is 0.495 e. The van der Waals surface area contributed by atoms with Crippen molar-refractivity contribution >= 4 is 18.3 Å². The van der Waals surface area contributed by atoms with Crippen LogP contribution in [0.1, 0.15) is 25.0 Å². The first-order valence-electron chi connectivity index (χ1n) is 8.70. The maximum Gasteiger partial charge on any atom is 0.495 e. The predicted molar refractivity (Wildman–Crippen MR) is 106 cm³/mol. The molecule has 0 atom stereocenters. The first kappa shape index (κ1) is 17.5. The quantitative estimate of drug-likeness (QED) is 0.427. The lowest BCUT2D eigenvalue weighted by molar-refractivity contribution is -0.383.